The smallest absolute Gasteiger partial charge is 0.317 e. The average Bonchev–Trinajstić information content (AvgIpc) is 2.91. The zero-order valence-corrected chi connectivity index (χ0v) is 13.8. The fraction of sp³-hybridized carbons (Fsp3) is 0.500. The molecule has 2 aliphatic rings. The van der Waals surface area contributed by atoms with Crippen molar-refractivity contribution in [2.24, 2.45) is 0 Å². The Bertz CT molecular complexity index is 586. The van der Waals surface area contributed by atoms with E-state index in [-0.39, 0.29) is 24.0 Å². The number of nitrogens with zero attached hydrogens (tertiary/aromatic N) is 2. The van der Waals surface area contributed by atoms with Gasteiger partial charge < -0.3 is 20.4 Å². The van der Waals surface area contributed by atoms with Gasteiger partial charge in [0.15, 0.2) is 0 Å². The second kappa shape index (κ2) is 6.66. The van der Waals surface area contributed by atoms with Gasteiger partial charge in [-0.2, -0.15) is 0 Å². The van der Waals surface area contributed by atoms with Crippen LogP contribution in [0.15, 0.2) is 24.3 Å². The Morgan fingerprint density at radius 3 is 2.43 bits per heavy atom. The fourth-order valence-corrected chi connectivity index (χ4v) is 3.18. The Labute approximate surface area is 140 Å². The zero-order valence-electron chi connectivity index (χ0n) is 13.1. The highest BCUT2D eigenvalue weighted by Crippen LogP contribution is 2.22. The summed E-state index contributed by atoms with van der Waals surface area (Å²) in [7, 11) is 0. The lowest BCUT2D eigenvalue weighted by molar-refractivity contribution is -0.120. The molecule has 0 bridgehead atoms. The van der Waals surface area contributed by atoms with Crippen LogP contribution in [-0.2, 0) is 4.79 Å². The number of rotatable bonds is 3. The van der Waals surface area contributed by atoms with Crippen LogP contribution in [0.4, 0.5) is 10.5 Å². The van der Waals surface area contributed by atoms with Crippen molar-refractivity contribution in [3.63, 3.8) is 0 Å². The zero-order chi connectivity index (χ0) is 16.4. The topological polar surface area (TPSA) is 64.7 Å². The highest BCUT2D eigenvalue weighted by Gasteiger charge is 2.33. The molecule has 1 aromatic rings. The summed E-state index contributed by atoms with van der Waals surface area (Å²) in [4.78, 5) is 27.1. The van der Waals surface area contributed by atoms with Crippen LogP contribution in [0.2, 0.25) is 5.02 Å². The minimum atomic E-state index is -0.0514. The lowest BCUT2D eigenvalue weighted by Crippen LogP contribution is -2.63. The van der Waals surface area contributed by atoms with E-state index in [2.05, 4.69) is 15.5 Å². The van der Waals surface area contributed by atoms with E-state index in [1.807, 2.05) is 24.3 Å². The summed E-state index contributed by atoms with van der Waals surface area (Å²) in [6.45, 7) is 4.38. The number of carbonyl (C=O) groups is 2. The van der Waals surface area contributed by atoms with Crippen LogP contribution < -0.4 is 15.5 Å². The predicted octanol–water partition coefficient (Wildman–Crippen LogP) is 1.45. The van der Waals surface area contributed by atoms with E-state index in [4.69, 9.17) is 11.6 Å². The Kier molecular flexibility index (Phi) is 4.61. The van der Waals surface area contributed by atoms with Crippen molar-refractivity contribution < 1.29 is 9.59 Å². The maximum atomic E-state index is 12.2. The summed E-state index contributed by atoms with van der Waals surface area (Å²) in [6, 6.07) is 7.95. The van der Waals surface area contributed by atoms with E-state index in [9.17, 15) is 9.59 Å². The third-order valence-electron chi connectivity index (χ3n) is 4.28. The minimum absolute atomic E-state index is 0.0467. The molecule has 2 N–H and O–H groups in total. The van der Waals surface area contributed by atoms with Gasteiger partial charge in [0.2, 0.25) is 5.91 Å². The lowest BCUT2D eigenvalue weighted by atomic mass is 10.1. The molecule has 0 aromatic heterocycles. The quantitative estimate of drug-likeness (QED) is 0.878. The monoisotopic (exact) mass is 336 g/mol. The Morgan fingerprint density at radius 1 is 1.09 bits per heavy atom. The van der Waals surface area contributed by atoms with Gasteiger partial charge in [-0.25, -0.2) is 4.79 Å². The maximum absolute atomic E-state index is 12.2. The summed E-state index contributed by atoms with van der Waals surface area (Å²) in [5, 5.41) is 6.61. The van der Waals surface area contributed by atoms with Gasteiger partial charge in [-0.3, -0.25) is 4.79 Å². The molecule has 1 atom stereocenters. The molecular formula is C16H21ClN4O2. The second-order valence-electron chi connectivity index (χ2n) is 6.16. The van der Waals surface area contributed by atoms with E-state index in [1.165, 1.54) is 6.92 Å². The van der Waals surface area contributed by atoms with Crippen molar-refractivity contribution >= 4 is 29.2 Å². The number of carbonyl (C=O) groups excluding carboxylic acids is 2. The SMILES string of the molecule is CC(=O)NC1CN(C(=O)NC2CCN(c3ccc(Cl)cc3)C2)C1. The molecule has 0 spiro atoms. The van der Waals surface area contributed by atoms with Gasteiger partial charge in [-0.05, 0) is 30.7 Å². The van der Waals surface area contributed by atoms with E-state index >= 15 is 0 Å². The summed E-state index contributed by atoms with van der Waals surface area (Å²) < 4.78 is 0. The number of halogens is 1. The van der Waals surface area contributed by atoms with Crippen molar-refractivity contribution in [3.05, 3.63) is 29.3 Å². The molecule has 3 amide bonds. The third kappa shape index (κ3) is 3.88. The molecular weight excluding hydrogens is 316 g/mol. The standard InChI is InChI=1S/C16H21ClN4O2/c1-11(22)18-14-9-21(10-14)16(23)19-13-6-7-20(8-13)15-4-2-12(17)3-5-15/h2-5,13-14H,6-10H2,1H3,(H,18,22)(H,19,23). The predicted molar refractivity (Wildman–Crippen MR) is 89.8 cm³/mol. The first-order valence-electron chi connectivity index (χ1n) is 7.84. The van der Waals surface area contributed by atoms with Crippen LogP contribution in [0.25, 0.3) is 0 Å². The van der Waals surface area contributed by atoms with Crippen molar-refractivity contribution in [2.75, 3.05) is 31.1 Å². The summed E-state index contributed by atoms with van der Waals surface area (Å²) in [5.41, 5.74) is 1.13. The van der Waals surface area contributed by atoms with Crippen molar-refractivity contribution in [1.29, 1.82) is 0 Å². The number of hydrogen-bond acceptors (Lipinski definition) is 3. The van der Waals surface area contributed by atoms with E-state index in [0.717, 1.165) is 30.2 Å². The van der Waals surface area contributed by atoms with Gasteiger partial charge >= 0.3 is 6.03 Å². The molecule has 6 nitrogen and oxygen atoms in total. The number of likely N-dealkylation sites (tertiary alicyclic amines) is 1. The molecule has 0 saturated carbocycles. The van der Waals surface area contributed by atoms with Gasteiger partial charge in [-0.15, -0.1) is 0 Å². The van der Waals surface area contributed by atoms with E-state index in [0.29, 0.717) is 13.1 Å². The fourth-order valence-electron chi connectivity index (χ4n) is 3.05. The number of urea groups is 1. The van der Waals surface area contributed by atoms with Crippen molar-refractivity contribution in [1.82, 2.24) is 15.5 Å². The second-order valence-corrected chi connectivity index (χ2v) is 6.60. The molecule has 7 heteroatoms. The highest BCUT2D eigenvalue weighted by molar-refractivity contribution is 6.30. The van der Waals surface area contributed by atoms with Gasteiger partial charge in [0, 0.05) is 49.9 Å². The number of nitrogens with one attached hydrogen (secondary N) is 2. The van der Waals surface area contributed by atoms with Gasteiger partial charge in [-0.1, -0.05) is 11.6 Å². The molecule has 2 fully saturated rings. The van der Waals surface area contributed by atoms with Crippen molar-refractivity contribution in [2.45, 2.75) is 25.4 Å². The maximum Gasteiger partial charge on any atom is 0.317 e. The molecule has 2 saturated heterocycles. The molecule has 2 heterocycles. The average molecular weight is 337 g/mol. The van der Waals surface area contributed by atoms with Gasteiger partial charge in [0.05, 0.1) is 6.04 Å². The highest BCUT2D eigenvalue weighted by atomic mass is 35.5. The first kappa shape index (κ1) is 15.9. The van der Waals surface area contributed by atoms with Crippen LogP contribution in [-0.4, -0.2) is 55.1 Å². The van der Waals surface area contributed by atoms with Crippen LogP contribution in [0.3, 0.4) is 0 Å². The number of hydrogen-bond donors (Lipinski definition) is 2. The molecule has 23 heavy (non-hydrogen) atoms. The van der Waals surface area contributed by atoms with E-state index < -0.39 is 0 Å². The molecule has 1 unspecified atom stereocenters. The first-order chi connectivity index (χ1) is 11.0. The van der Waals surface area contributed by atoms with E-state index in [1.54, 1.807) is 4.90 Å². The third-order valence-corrected chi connectivity index (χ3v) is 4.54. The molecule has 2 aliphatic heterocycles. The summed E-state index contributed by atoms with van der Waals surface area (Å²) >= 11 is 5.91. The Balaban J connectivity index is 1.44. The summed E-state index contributed by atoms with van der Waals surface area (Å²) in [6.07, 6.45) is 0.928. The summed E-state index contributed by atoms with van der Waals surface area (Å²) in [5.74, 6) is -0.0514. The van der Waals surface area contributed by atoms with Crippen LogP contribution in [0.5, 0.6) is 0 Å². The Hall–Kier alpha value is -1.95. The largest absolute Gasteiger partial charge is 0.369 e. The lowest BCUT2D eigenvalue weighted by Gasteiger charge is -2.39. The van der Waals surface area contributed by atoms with Crippen LogP contribution >= 0.6 is 11.6 Å². The Morgan fingerprint density at radius 2 is 1.78 bits per heavy atom. The molecule has 1 aromatic carbocycles. The normalized spacial score (nSPS) is 21.0. The molecule has 0 aliphatic carbocycles. The first-order valence-corrected chi connectivity index (χ1v) is 8.22. The van der Waals surface area contributed by atoms with Crippen molar-refractivity contribution in [3.8, 4) is 0 Å². The minimum Gasteiger partial charge on any atom is -0.369 e. The number of anilines is 1. The van der Waals surface area contributed by atoms with Gasteiger partial charge in [0.1, 0.15) is 0 Å². The number of amides is 3. The van der Waals surface area contributed by atoms with Gasteiger partial charge in [0.25, 0.3) is 0 Å². The molecule has 124 valence electrons. The molecule has 3 rings (SSSR count). The van der Waals surface area contributed by atoms with Crippen LogP contribution in [0, 0.1) is 0 Å². The number of benzene rings is 1. The molecule has 0 radical (unpaired) electrons. The van der Waals surface area contributed by atoms with Crippen LogP contribution in [0.1, 0.15) is 13.3 Å².